The van der Waals surface area contributed by atoms with Crippen LogP contribution in [0.2, 0.25) is 0 Å². The zero-order chi connectivity index (χ0) is 39.1. The van der Waals surface area contributed by atoms with Crippen molar-refractivity contribution in [3.05, 3.63) is 108 Å². The van der Waals surface area contributed by atoms with E-state index in [2.05, 4.69) is 214 Å². The Morgan fingerprint density at radius 2 is 0.593 bits per heavy atom. The van der Waals surface area contributed by atoms with Crippen molar-refractivity contribution >= 4 is 23.6 Å². The third-order valence-electron chi connectivity index (χ3n) is 11.4. The monoisotopic (exact) mass is 840 g/mol. The van der Waals surface area contributed by atoms with Crippen molar-refractivity contribution in [2.24, 2.45) is 0 Å². The van der Waals surface area contributed by atoms with Crippen LogP contribution >= 0.6 is 0 Å². The maximum atomic E-state index is 2.66. The standard InChI is InChI=1S/C49H71Si.3ClH.Ti/c1-32-21-33(2)43(22-32)50(40-26-34(44(3,4)5)23-35(27-40)45(6,7)8,41-28-36(46(9,10)11)24-37(29-41)47(12,13)14)42-30-38(48(15,16)17)25-39(31-42)49(18,19)20;;;;/h23-31H,22H2,1-20H3;3*1H;/q;;;;+3/p-3. The number of benzene rings is 3. The van der Waals surface area contributed by atoms with Crippen LogP contribution in [0.3, 0.4) is 0 Å². The molecule has 5 heteroatoms. The summed E-state index contributed by atoms with van der Waals surface area (Å²) in [5, 5.41) is 6.27. The van der Waals surface area contributed by atoms with Crippen molar-refractivity contribution in [2.45, 2.75) is 177 Å². The first-order valence-electron chi connectivity index (χ1n) is 19.4. The average molecular weight is 842 g/mol. The predicted octanol–water partition coefficient (Wildman–Crippen LogP) is 3.03. The van der Waals surface area contributed by atoms with Gasteiger partial charge in [-0.05, 0) is 0 Å². The summed E-state index contributed by atoms with van der Waals surface area (Å²) in [4.78, 5) is 0. The van der Waals surface area contributed by atoms with Crippen molar-refractivity contribution in [2.75, 3.05) is 0 Å². The van der Waals surface area contributed by atoms with Crippen LogP contribution in [-0.2, 0) is 52.9 Å². The van der Waals surface area contributed by atoms with E-state index in [0.717, 1.165) is 6.42 Å². The summed E-state index contributed by atoms with van der Waals surface area (Å²) in [5.74, 6) is 0. The van der Waals surface area contributed by atoms with Gasteiger partial charge in [0, 0.05) is 0 Å². The molecule has 0 spiro atoms. The van der Waals surface area contributed by atoms with Crippen LogP contribution in [0.15, 0.2) is 74.8 Å². The number of hydrogen-bond donors (Lipinski definition) is 0. The fourth-order valence-electron chi connectivity index (χ4n) is 7.52. The van der Waals surface area contributed by atoms with Gasteiger partial charge in [-0.25, -0.2) is 0 Å². The molecule has 0 bridgehead atoms. The van der Waals surface area contributed by atoms with Gasteiger partial charge in [0.2, 0.25) is 0 Å². The third-order valence-corrected chi connectivity index (χ3v) is 17.6. The first-order valence-corrected chi connectivity index (χ1v) is 22.2. The summed E-state index contributed by atoms with van der Waals surface area (Å²) in [6, 6.07) is 23.5. The van der Waals surface area contributed by atoms with Crippen LogP contribution in [-0.4, -0.2) is 8.07 Å². The molecular weight excluding hydrogens is 771 g/mol. The molecule has 1 aliphatic carbocycles. The van der Waals surface area contributed by atoms with Crippen LogP contribution in [0.5, 0.6) is 0 Å². The summed E-state index contributed by atoms with van der Waals surface area (Å²) in [6.07, 6.45) is 1.03. The largest absolute Gasteiger partial charge is 1.00 e. The van der Waals surface area contributed by atoms with Crippen LogP contribution in [0.1, 0.15) is 178 Å². The molecule has 54 heavy (non-hydrogen) atoms. The molecule has 0 unspecified atom stereocenters. The van der Waals surface area contributed by atoms with Crippen LogP contribution in [0.25, 0.3) is 0 Å². The Balaban J connectivity index is 0.00000486. The van der Waals surface area contributed by atoms with Crippen molar-refractivity contribution in [1.82, 2.24) is 0 Å². The Bertz CT molecular complexity index is 1610. The second-order valence-electron chi connectivity index (χ2n) is 22.1. The molecule has 0 amide bonds. The van der Waals surface area contributed by atoms with Gasteiger partial charge in [-0.2, -0.15) is 0 Å². The maximum Gasteiger partial charge on any atom is -1.00 e. The first-order chi connectivity index (χ1) is 22.8. The van der Waals surface area contributed by atoms with E-state index in [-0.39, 0.29) is 69.7 Å². The molecule has 0 fully saturated rings. The third kappa shape index (κ3) is 10.3. The minimum Gasteiger partial charge on any atom is -1.00 e. The fraction of sp³-hybridized carbons (Fsp3) is 0.551. The zero-order valence-corrected chi connectivity index (χ0v) is 42.4. The minimum absolute atomic E-state index is 0. The molecule has 0 heterocycles. The molecule has 3 aromatic rings. The molecule has 0 aliphatic heterocycles. The van der Waals surface area contributed by atoms with Gasteiger partial charge in [-0.3, -0.25) is 0 Å². The Labute approximate surface area is 364 Å². The number of allylic oxidation sites excluding steroid dienone is 4. The van der Waals surface area contributed by atoms with E-state index in [4.69, 9.17) is 0 Å². The van der Waals surface area contributed by atoms with E-state index in [1.807, 2.05) is 0 Å². The first kappa shape index (κ1) is 51.0. The predicted molar refractivity (Wildman–Crippen MR) is 226 cm³/mol. The van der Waals surface area contributed by atoms with Crippen molar-refractivity contribution in [3.63, 3.8) is 0 Å². The molecule has 0 saturated carbocycles. The molecule has 0 atom stereocenters. The molecule has 4 rings (SSSR count). The molecule has 0 aromatic heterocycles. The Morgan fingerprint density at radius 3 is 0.741 bits per heavy atom. The summed E-state index contributed by atoms with van der Waals surface area (Å²) < 4.78 is 1.48. The quantitative estimate of drug-likeness (QED) is 0.281. The van der Waals surface area contributed by atoms with Crippen LogP contribution in [0, 0.1) is 0 Å². The second-order valence-corrected chi connectivity index (χ2v) is 26.7. The summed E-state index contributed by atoms with van der Waals surface area (Å²) >= 11 is 2.38. The van der Waals surface area contributed by atoms with Gasteiger partial charge >= 0.3 is 330 Å². The summed E-state index contributed by atoms with van der Waals surface area (Å²) in [5.41, 5.74) is 11.7. The Morgan fingerprint density at radius 1 is 0.389 bits per heavy atom. The van der Waals surface area contributed by atoms with E-state index < -0.39 is 8.07 Å². The van der Waals surface area contributed by atoms with Gasteiger partial charge in [0.25, 0.3) is 0 Å². The van der Waals surface area contributed by atoms with Gasteiger partial charge < -0.3 is 37.2 Å². The summed E-state index contributed by atoms with van der Waals surface area (Å²) in [7, 11) is -2.96. The van der Waals surface area contributed by atoms with Crippen molar-refractivity contribution < 1.29 is 57.7 Å². The number of hydrogen-bond acceptors (Lipinski definition) is 0. The molecular formula is C49H71Cl3SiTi. The van der Waals surface area contributed by atoms with Gasteiger partial charge in [0.15, 0.2) is 0 Å². The molecule has 1 aliphatic rings. The van der Waals surface area contributed by atoms with E-state index >= 15 is 0 Å². The summed E-state index contributed by atoms with van der Waals surface area (Å²) in [6.45, 7) is 48.0. The normalized spacial score (nSPS) is 14.9. The van der Waals surface area contributed by atoms with E-state index in [9.17, 15) is 0 Å². The molecule has 0 saturated heterocycles. The Hall–Kier alpha value is -1.06. The maximum absolute atomic E-state index is 2.96. The van der Waals surface area contributed by atoms with Gasteiger partial charge in [0.05, 0.1) is 0 Å². The van der Waals surface area contributed by atoms with Gasteiger partial charge in [0.1, 0.15) is 0 Å². The van der Waals surface area contributed by atoms with Crippen LogP contribution < -0.4 is 52.8 Å². The Kier molecular flexibility index (Phi) is 15.7. The van der Waals surface area contributed by atoms with Gasteiger partial charge in [-0.1, -0.05) is 0 Å². The molecule has 0 radical (unpaired) electrons. The average Bonchev–Trinajstić information content (AvgIpc) is 3.21. The van der Waals surface area contributed by atoms with Crippen molar-refractivity contribution in [3.8, 4) is 0 Å². The zero-order valence-electron chi connectivity index (χ0n) is 37.5. The smallest absolute Gasteiger partial charge is 1.00 e. The van der Waals surface area contributed by atoms with Crippen LogP contribution in [0.4, 0.5) is 0 Å². The molecule has 0 N–H and O–H groups in total. The van der Waals surface area contributed by atoms with E-state index in [0.29, 0.717) is 0 Å². The SMILES string of the molecule is CC1=[C]([Ti+3])C(C)=C([Si](c2cc(C(C)(C)C)cc(C(C)(C)C)c2)(c2cc(C(C)(C)C)cc(C(C)(C)C)c2)c2cc(C(C)(C)C)cc(C(C)(C)C)c2)C1.[Cl-].[Cl-].[Cl-]. The van der Waals surface area contributed by atoms with Crippen molar-refractivity contribution in [1.29, 1.82) is 0 Å². The van der Waals surface area contributed by atoms with E-state index in [1.165, 1.54) is 64.0 Å². The molecule has 296 valence electrons. The fourth-order valence-corrected chi connectivity index (χ4v) is 13.6. The number of rotatable bonds is 4. The molecule has 0 nitrogen and oxygen atoms in total. The second kappa shape index (κ2) is 16.7. The van der Waals surface area contributed by atoms with E-state index in [1.54, 1.807) is 5.20 Å². The topological polar surface area (TPSA) is 0 Å². The minimum atomic E-state index is -2.96. The number of halogens is 3. The molecule has 3 aromatic carbocycles. The van der Waals surface area contributed by atoms with Gasteiger partial charge in [-0.15, -0.1) is 0 Å².